The van der Waals surface area contributed by atoms with Crippen molar-refractivity contribution >= 4 is 23.5 Å². The molecule has 10 heteroatoms. The number of carbonyl (C=O) groups excluding carboxylic acids is 2. The molecule has 1 aromatic heterocycles. The average Bonchev–Trinajstić information content (AvgIpc) is 3.43. The molecule has 0 spiro atoms. The normalized spacial score (nSPS) is 12.3. The smallest absolute Gasteiger partial charge is 0.306 e. The van der Waals surface area contributed by atoms with Crippen molar-refractivity contribution in [3.8, 4) is 39.7 Å². The number of rotatable bonds is 18. The van der Waals surface area contributed by atoms with E-state index in [4.69, 9.17) is 35.1 Å². The predicted molar refractivity (Wildman–Crippen MR) is 172 cm³/mol. The number of hydrogen-bond donors (Lipinski definition) is 1. The van der Waals surface area contributed by atoms with Crippen molar-refractivity contribution in [3.05, 3.63) is 47.1 Å². The van der Waals surface area contributed by atoms with E-state index in [1.807, 2.05) is 38.1 Å². The minimum atomic E-state index is -0.402. The molecule has 9 nitrogen and oxygen atoms in total. The SMILES string of the molecule is CCCCOc1cc(OCCCC)c(-c2onc(C(=O)NC(C)CC(C)CC(=O)OCC)c2-c2ccc(OC)cc2)cc1Cl. The van der Waals surface area contributed by atoms with Crippen molar-refractivity contribution in [2.45, 2.75) is 79.2 Å². The molecule has 0 aliphatic rings. The molecule has 3 rings (SSSR count). The van der Waals surface area contributed by atoms with Crippen LogP contribution in [0.3, 0.4) is 0 Å². The summed E-state index contributed by atoms with van der Waals surface area (Å²) >= 11 is 6.70. The van der Waals surface area contributed by atoms with Gasteiger partial charge < -0.3 is 28.8 Å². The lowest BCUT2D eigenvalue weighted by molar-refractivity contribution is -0.144. The number of hydrogen-bond acceptors (Lipinski definition) is 8. The lowest BCUT2D eigenvalue weighted by Gasteiger charge is -2.18. The van der Waals surface area contributed by atoms with Crippen LogP contribution in [0.5, 0.6) is 17.2 Å². The van der Waals surface area contributed by atoms with Gasteiger partial charge >= 0.3 is 5.97 Å². The van der Waals surface area contributed by atoms with Crippen molar-refractivity contribution in [3.63, 3.8) is 0 Å². The molecule has 0 bridgehead atoms. The van der Waals surface area contributed by atoms with E-state index in [0.29, 0.717) is 71.0 Å². The minimum Gasteiger partial charge on any atom is -0.497 e. The first kappa shape index (κ1) is 34.8. The summed E-state index contributed by atoms with van der Waals surface area (Å²) in [4.78, 5) is 25.6. The Morgan fingerprint density at radius 3 is 2.25 bits per heavy atom. The molecule has 1 N–H and O–H groups in total. The molecule has 0 radical (unpaired) electrons. The molecule has 1 heterocycles. The van der Waals surface area contributed by atoms with Gasteiger partial charge in [0.2, 0.25) is 0 Å². The summed E-state index contributed by atoms with van der Waals surface area (Å²) < 4.78 is 28.5. The zero-order valence-electron chi connectivity index (χ0n) is 26.7. The number of aromatic nitrogens is 1. The Morgan fingerprint density at radius 1 is 0.977 bits per heavy atom. The lowest BCUT2D eigenvalue weighted by Crippen LogP contribution is -2.34. The third-order valence-electron chi connectivity index (χ3n) is 7.03. The molecule has 3 aromatic rings. The van der Waals surface area contributed by atoms with E-state index in [0.717, 1.165) is 25.7 Å². The molecule has 1 amide bonds. The number of carbonyl (C=O) groups is 2. The Morgan fingerprint density at radius 2 is 1.64 bits per heavy atom. The molecule has 2 unspecified atom stereocenters. The highest BCUT2D eigenvalue weighted by Crippen LogP contribution is 2.44. The van der Waals surface area contributed by atoms with Crippen LogP contribution in [0, 0.1) is 5.92 Å². The van der Waals surface area contributed by atoms with Gasteiger partial charge in [-0.2, -0.15) is 0 Å². The van der Waals surface area contributed by atoms with Crippen molar-refractivity contribution in [1.82, 2.24) is 10.5 Å². The monoisotopic (exact) mass is 628 g/mol. The number of esters is 1. The Hall–Kier alpha value is -3.72. The highest BCUT2D eigenvalue weighted by atomic mass is 35.5. The molecule has 2 aromatic carbocycles. The van der Waals surface area contributed by atoms with E-state index < -0.39 is 5.91 Å². The number of halogens is 1. The van der Waals surface area contributed by atoms with E-state index in [-0.39, 0.29) is 30.0 Å². The standard InChI is InChI=1S/C34H45ClN2O7/c1-7-10-16-42-28-21-29(43-17-11-8-2)27(35)20-26(28)33-31(24-12-14-25(40-6)15-13-24)32(37-44-33)34(39)36-23(5)18-22(4)19-30(38)41-9-3/h12-15,20-23H,7-11,16-19H2,1-6H3,(H,36,39). The number of nitrogens with zero attached hydrogens (tertiary/aromatic N) is 1. The van der Waals surface area contributed by atoms with Gasteiger partial charge in [0.15, 0.2) is 11.5 Å². The third kappa shape index (κ3) is 9.64. The maximum absolute atomic E-state index is 13.7. The fourth-order valence-corrected chi connectivity index (χ4v) is 5.01. The zero-order chi connectivity index (χ0) is 32.1. The number of nitrogens with one attached hydrogen (secondary N) is 1. The van der Waals surface area contributed by atoms with Crippen LogP contribution in [-0.4, -0.2) is 50.0 Å². The van der Waals surface area contributed by atoms with E-state index in [1.54, 1.807) is 26.2 Å². The molecule has 0 fully saturated rings. The maximum Gasteiger partial charge on any atom is 0.306 e. The molecule has 0 aliphatic heterocycles. The molecule has 240 valence electrons. The average molecular weight is 629 g/mol. The van der Waals surface area contributed by atoms with Gasteiger partial charge in [0.05, 0.1) is 43.1 Å². The first-order chi connectivity index (χ1) is 21.2. The summed E-state index contributed by atoms with van der Waals surface area (Å²) in [5, 5.41) is 7.66. The van der Waals surface area contributed by atoms with Crippen molar-refractivity contribution in [2.75, 3.05) is 26.9 Å². The fourth-order valence-electron chi connectivity index (χ4n) is 4.79. The van der Waals surface area contributed by atoms with E-state index >= 15 is 0 Å². The van der Waals surface area contributed by atoms with Gasteiger partial charge in [-0.25, -0.2) is 0 Å². The summed E-state index contributed by atoms with van der Waals surface area (Å²) in [5.41, 5.74) is 1.87. The van der Waals surface area contributed by atoms with E-state index in [9.17, 15) is 9.59 Å². The van der Waals surface area contributed by atoms with Gasteiger partial charge in [0.1, 0.15) is 17.2 Å². The number of unbranched alkanes of at least 4 members (excludes halogenated alkanes) is 2. The van der Waals surface area contributed by atoms with Gasteiger partial charge in [-0.05, 0) is 62.8 Å². The summed E-state index contributed by atoms with van der Waals surface area (Å²) in [5.74, 6) is 1.42. The number of amides is 1. The van der Waals surface area contributed by atoms with Crippen molar-refractivity contribution < 1.29 is 33.1 Å². The van der Waals surface area contributed by atoms with Gasteiger partial charge in [-0.3, -0.25) is 9.59 Å². The quantitative estimate of drug-likeness (QED) is 0.111. The van der Waals surface area contributed by atoms with Crippen LogP contribution in [0.4, 0.5) is 0 Å². The van der Waals surface area contributed by atoms with Gasteiger partial charge in [-0.1, -0.05) is 62.5 Å². The van der Waals surface area contributed by atoms with E-state index in [1.165, 1.54) is 0 Å². The minimum absolute atomic E-state index is 0.0151. The van der Waals surface area contributed by atoms with Crippen LogP contribution in [-0.2, 0) is 9.53 Å². The first-order valence-electron chi connectivity index (χ1n) is 15.4. The maximum atomic E-state index is 13.7. The topological polar surface area (TPSA) is 109 Å². The Bertz CT molecular complexity index is 1360. The summed E-state index contributed by atoms with van der Waals surface area (Å²) in [6.45, 7) is 11.2. The zero-order valence-corrected chi connectivity index (χ0v) is 27.4. The second kappa shape index (κ2) is 17.5. The summed E-state index contributed by atoms with van der Waals surface area (Å²) in [7, 11) is 1.59. The number of methoxy groups -OCH3 is 1. The van der Waals surface area contributed by atoms with Crippen molar-refractivity contribution in [1.29, 1.82) is 0 Å². The van der Waals surface area contributed by atoms with Gasteiger partial charge in [-0.15, -0.1) is 0 Å². The second-order valence-electron chi connectivity index (χ2n) is 10.9. The lowest BCUT2D eigenvalue weighted by atomic mass is 9.97. The molecular weight excluding hydrogens is 584 g/mol. The summed E-state index contributed by atoms with van der Waals surface area (Å²) in [6, 6.07) is 10.6. The van der Waals surface area contributed by atoms with Crippen LogP contribution in [0.15, 0.2) is 40.9 Å². The van der Waals surface area contributed by atoms with E-state index in [2.05, 4.69) is 24.3 Å². The third-order valence-corrected chi connectivity index (χ3v) is 7.32. The predicted octanol–water partition coefficient (Wildman–Crippen LogP) is 8.13. The van der Waals surface area contributed by atoms with Crippen LogP contribution in [0.25, 0.3) is 22.5 Å². The van der Waals surface area contributed by atoms with Gasteiger partial charge in [0, 0.05) is 18.5 Å². The highest BCUT2D eigenvalue weighted by Gasteiger charge is 2.28. The fraction of sp³-hybridized carbons (Fsp3) is 0.500. The summed E-state index contributed by atoms with van der Waals surface area (Å²) in [6.07, 6.45) is 4.56. The molecule has 2 atom stereocenters. The van der Waals surface area contributed by atoms with Crippen LogP contribution >= 0.6 is 11.6 Å². The van der Waals surface area contributed by atoms with Gasteiger partial charge in [0.25, 0.3) is 5.91 Å². The number of benzene rings is 2. The Balaban J connectivity index is 2.02. The van der Waals surface area contributed by atoms with Crippen LogP contribution in [0.2, 0.25) is 5.02 Å². The van der Waals surface area contributed by atoms with Crippen molar-refractivity contribution in [2.24, 2.45) is 5.92 Å². The second-order valence-corrected chi connectivity index (χ2v) is 11.3. The molecule has 0 saturated heterocycles. The van der Waals surface area contributed by atoms with Crippen LogP contribution in [0.1, 0.15) is 83.6 Å². The Kier molecular flexibility index (Phi) is 13.9. The molecular formula is C34H45ClN2O7. The molecule has 0 saturated carbocycles. The first-order valence-corrected chi connectivity index (χ1v) is 15.8. The number of ether oxygens (including phenoxy) is 4. The van der Waals surface area contributed by atoms with Crippen LogP contribution < -0.4 is 19.5 Å². The molecule has 0 aliphatic carbocycles. The molecule has 44 heavy (non-hydrogen) atoms. The highest BCUT2D eigenvalue weighted by molar-refractivity contribution is 6.32. The largest absolute Gasteiger partial charge is 0.497 e. The Labute approximate surface area is 265 Å².